The van der Waals surface area contributed by atoms with Crippen LogP contribution < -0.4 is 14.8 Å². The number of nitro groups is 1. The Kier molecular flexibility index (Phi) is 6.78. The molecule has 1 N–H and O–H groups in total. The van der Waals surface area contributed by atoms with Gasteiger partial charge in [-0.1, -0.05) is 39.0 Å². The molecular weight excluding hydrogens is 408 g/mol. The molecule has 0 aliphatic carbocycles. The summed E-state index contributed by atoms with van der Waals surface area (Å²) < 4.78 is 11.3. The molecular formula is C25H26N2O5. The van der Waals surface area contributed by atoms with E-state index < -0.39 is 4.92 Å². The Hall–Kier alpha value is -3.87. The minimum atomic E-state index is -0.507. The molecule has 0 saturated heterocycles. The van der Waals surface area contributed by atoms with Crippen LogP contribution in [0.3, 0.4) is 0 Å². The zero-order valence-electron chi connectivity index (χ0n) is 18.5. The summed E-state index contributed by atoms with van der Waals surface area (Å²) in [5, 5.41) is 13.6. The quantitative estimate of drug-likeness (QED) is 0.379. The molecule has 0 heterocycles. The first-order chi connectivity index (χ1) is 15.2. The van der Waals surface area contributed by atoms with Gasteiger partial charge in [0.25, 0.3) is 11.6 Å². The van der Waals surface area contributed by atoms with Gasteiger partial charge in [0, 0.05) is 28.9 Å². The van der Waals surface area contributed by atoms with E-state index in [1.165, 1.54) is 23.8 Å². The molecule has 166 valence electrons. The van der Waals surface area contributed by atoms with Gasteiger partial charge in [-0.15, -0.1) is 0 Å². The molecule has 0 radical (unpaired) electrons. The number of hydrogen-bond acceptors (Lipinski definition) is 5. The predicted molar refractivity (Wildman–Crippen MR) is 124 cm³/mol. The molecule has 0 saturated carbocycles. The molecule has 1 amide bonds. The van der Waals surface area contributed by atoms with Crippen LogP contribution in [0.4, 0.5) is 11.4 Å². The summed E-state index contributed by atoms with van der Waals surface area (Å²) in [4.78, 5) is 23.1. The van der Waals surface area contributed by atoms with E-state index in [0.717, 1.165) is 0 Å². The second-order valence-electron chi connectivity index (χ2n) is 8.35. The number of carbonyl (C=O) groups is 1. The normalized spacial score (nSPS) is 11.0. The maximum Gasteiger partial charge on any atom is 0.271 e. The summed E-state index contributed by atoms with van der Waals surface area (Å²) in [6.45, 7) is 6.67. The summed E-state index contributed by atoms with van der Waals surface area (Å²) >= 11 is 0. The van der Waals surface area contributed by atoms with Gasteiger partial charge in [-0.05, 0) is 47.4 Å². The van der Waals surface area contributed by atoms with Crippen molar-refractivity contribution >= 4 is 17.3 Å². The second-order valence-corrected chi connectivity index (χ2v) is 8.35. The van der Waals surface area contributed by atoms with Gasteiger partial charge in [0.15, 0.2) is 0 Å². The number of rotatable bonds is 7. The van der Waals surface area contributed by atoms with Gasteiger partial charge in [0.1, 0.15) is 18.1 Å². The molecule has 0 unspecified atom stereocenters. The zero-order chi connectivity index (χ0) is 23.3. The number of anilines is 1. The Morgan fingerprint density at radius 1 is 1.03 bits per heavy atom. The van der Waals surface area contributed by atoms with Crippen molar-refractivity contribution in [3.05, 3.63) is 93.5 Å². The topological polar surface area (TPSA) is 90.7 Å². The van der Waals surface area contributed by atoms with Gasteiger partial charge in [-0.2, -0.15) is 0 Å². The van der Waals surface area contributed by atoms with Crippen molar-refractivity contribution in [3.8, 4) is 11.5 Å². The van der Waals surface area contributed by atoms with Crippen molar-refractivity contribution in [2.45, 2.75) is 32.8 Å². The maximum absolute atomic E-state index is 12.7. The molecule has 3 rings (SSSR count). The first-order valence-electron chi connectivity index (χ1n) is 10.1. The molecule has 0 aliphatic rings. The number of ether oxygens (including phenoxy) is 2. The largest absolute Gasteiger partial charge is 0.496 e. The number of methoxy groups -OCH3 is 1. The third kappa shape index (κ3) is 5.63. The standard InChI is InChI=1S/C25H26N2O5/c1-25(2,3)19-9-11-22(12-10-19)32-16-18-14-17(8-13-23(18)31-4)24(28)26-20-6-5-7-21(15-20)27(29)30/h5-15H,16H2,1-4H3,(H,26,28). The molecule has 7 nitrogen and oxygen atoms in total. The highest BCUT2D eigenvalue weighted by atomic mass is 16.6. The molecule has 3 aromatic rings. The Balaban J connectivity index is 1.74. The summed E-state index contributed by atoms with van der Waals surface area (Å²) in [6, 6.07) is 18.7. The smallest absolute Gasteiger partial charge is 0.271 e. The van der Waals surface area contributed by atoms with Crippen molar-refractivity contribution in [3.63, 3.8) is 0 Å². The van der Waals surface area contributed by atoms with E-state index in [-0.39, 0.29) is 23.6 Å². The van der Waals surface area contributed by atoms with Crippen LogP contribution in [-0.2, 0) is 12.0 Å². The maximum atomic E-state index is 12.7. The molecule has 0 spiro atoms. The number of nitrogens with zero attached hydrogens (tertiary/aromatic N) is 1. The number of benzene rings is 3. The van der Waals surface area contributed by atoms with Gasteiger partial charge in [0.05, 0.1) is 12.0 Å². The Bertz CT molecular complexity index is 1120. The number of non-ortho nitro benzene ring substituents is 1. The molecule has 0 fully saturated rings. The minimum Gasteiger partial charge on any atom is -0.496 e. The molecule has 32 heavy (non-hydrogen) atoms. The highest BCUT2D eigenvalue weighted by Gasteiger charge is 2.15. The Labute approximate surface area is 187 Å². The average Bonchev–Trinajstić information content (AvgIpc) is 2.77. The molecule has 0 aromatic heterocycles. The van der Waals surface area contributed by atoms with E-state index in [9.17, 15) is 14.9 Å². The Morgan fingerprint density at radius 2 is 1.75 bits per heavy atom. The Morgan fingerprint density at radius 3 is 2.38 bits per heavy atom. The molecule has 0 bridgehead atoms. The van der Waals surface area contributed by atoms with E-state index in [1.807, 2.05) is 24.3 Å². The van der Waals surface area contributed by atoms with Crippen molar-refractivity contribution in [2.24, 2.45) is 0 Å². The second kappa shape index (κ2) is 9.51. The third-order valence-electron chi connectivity index (χ3n) is 4.97. The van der Waals surface area contributed by atoms with Crippen molar-refractivity contribution in [2.75, 3.05) is 12.4 Å². The number of nitro benzene ring substituents is 1. The van der Waals surface area contributed by atoms with Gasteiger partial charge < -0.3 is 14.8 Å². The minimum absolute atomic E-state index is 0.0582. The first kappa shape index (κ1) is 22.8. The van der Waals surface area contributed by atoms with Crippen LogP contribution >= 0.6 is 0 Å². The van der Waals surface area contributed by atoms with Crippen molar-refractivity contribution in [1.29, 1.82) is 0 Å². The molecule has 0 aliphatic heterocycles. The van der Waals surface area contributed by atoms with E-state index in [4.69, 9.17) is 9.47 Å². The highest BCUT2D eigenvalue weighted by molar-refractivity contribution is 6.04. The van der Waals surface area contributed by atoms with Gasteiger partial charge in [-0.3, -0.25) is 14.9 Å². The van der Waals surface area contributed by atoms with Crippen LogP contribution in [0.5, 0.6) is 11.5 Å². The lowest BCUT2D eigenvalue weighted by Crippen LogP contribution is -2.13. The summed E-state index contributed by atoms with van der Waals surface area (Å²) in [5.74, 6) is 0.929. The lowest BCUT2D eigenvalue weighted by atomic mass is 9.87. The monoisotopic (exact) mass is 434 g/mol. The SMILES string of the molecule is COc1ccc(C(=O)Nc2cccc([N+](=O)[O-])c2)cc1COc1ccc(C(C)(C)C)cc1. The molecule has 0 atom stereocenters. The predicted octanol–water partition coefficient (Wildman–Crippen LogP) is 5.73. The van der Waals surface area contributed by atoms with Crippen LogP contribution in [0.1, 0.15) is 42.3 Å². The van der Waals surface area contributed by atoms with E-state index in [1.54, 1.807) is 31.4 Å². The van der Waals surface area contributed by atoms with Crippen molar-refractivity contribution in [1.82, 2.24) is 0 Å². The molecule has 7 heteroatoms. The van der Waals surface area contributed by atoms with E-state index in [0.29, 0.717) is 28.3 Å². The first-order valence-corrected chi connectivity index (χ1v) is 10.1. The number of nitrogens with one attached hydrogen (secondary N) is 1. The van der Waals surface area contributed by atoms with Crippen LogP contribution in [0.2, 0.25) is 0 Å². The van der Waals surface area contributed by atoms with Crippen molar-refractivity contribution < 1.29 is 19.2 Å². The lowest BCUT2D eigenvalue weighted by Gasteiger charge is -2.19. The summed E-state index contributed by atoms with van der Waals surface area (Å²) in [6.07, 6.45) is 0. The summed E-state index contributed by atoms with van der Waals surface area (Å²) in [7, 11) is 1.56. The van der Waals surface area contributed by atoms with Gasteiger partial charge in [0.2, 0.25) is 0 Å². The lowest BCUT2D eigenvalue weighted by molar-refractivity contribution is -0.384. The summed E-state index contributed by atoms with van der Waals surface area (Å²) in [5.41, 5.74) is 2.61. The number of hydrogen-bond donors (Lipinski definition) is 1. The average molecular weight is 434 g/mol. The van der Waals surface area contributed by atoms with Crippen LogP contribution in [0, 0.1) is 10.1 Å². The third-order valence-corrected chi connectivity index (χ3v) is 4.97. The van der Waals surface area contributed by atoms with Crippen LogP contribution in [-0.4, -0.2) is 17.9 Å². The van der Waals surface area contributed by atoms with Gasteiger partial charge >= 0.3 is 0 Å². The zero-order valence-corrected chi connectivity index (χ0v) is 18.5. The van der Waals surface area contributed by atoms with Crippen LogP contribution in [0.15, 0.2) is 66.7 Å². The van der Waals surface area contributed by atoms with E-state index >= 15 is 0 Å². The number of amides is 1. The van der Waals surface area contributed by atoms with E-state index in [2.05, 4.69) is 26.1 Å². The highest BCUT2D eigenvalue weighted by Crippen LogP contribution is 2.26. The number of carbonyl (C=O) groups excluding carboxylic acids is 1. The fourth-order valence-electron chi connectivity index (χ4n) is 3.15. The molecule has 3 aromatic carbocycles. The fourth-order valence-corrected chi connectivity index (χ4v) is 3.15. The van der Waals surface area contributed by atoms with Gasteiger partial charge in [-0.25, -0.2) is 0 Å². The van der Waals surface area contributed by atoms with Crippen LogP contribution in [0.25, 0.3) is 0 Å². The fraction of sp³-hybridized carbons (Fsp3) is 0.240.